The van der Waals surface area contributed by atoms with E-state index in [4.69, 9.17) is 9.15 Å². The van der Waals surface area contributed by atoms with Crippen molar-refractivity contribution < 1.29 is 13.9 Å². The van der Waals surface area contributed by atoms with Crippen molar-refractivity contribution in [3.05, 3.63) is 40.2 Å². The molecule has 0 bridgehead atoms. The molecule has 0 radical (unpaired) electrons. The normalized spacial score (nSPS) is 17.1. The summed E-state index contributed by atoms with van der Waals surface area (Å²) in [5, 5.41) is 10.5. The molecule has 6 heteroatoms. The molecule has 1 aromatic heterocycles. The largest absolute Gasteiger partial charge is 0.481 e. The van der Waals surface area contributed by atoms with E-state index in [1.165, 1.54) is 6.07 Å². The lowest BCUT2D eigenvalue weighted by Gasteiger charge is -2.40. The molecule has 0 aliphatic heterocycles. The van der Waals surface area contributed by atoms with E-state index in [9.17, 15) is 14.9 Å². The fourth-order valence-electron chi connectivity index (χ4n) is 3.78. The number of rotatable bonds is 4. The van der Waals surface area contributed by atoms with Crippen LogP contribution in [0.5, 0.6) is 5.75 Å². The van der Waals surface area contributed by atoms with Crippen molar-refractivity contribution in [1.82, 2.24) is 4.90 Å². The number of nitriles is 1. The molecule has 1 heterocycles. The van der Waals surface area contributed by atoms with Crippen LogP contribution in [0.4, 0.5) is 0 Å². The topological polar surface area (TPSA) is 83.5 Å². The van der Waals surface area contributed by atoms with Gasteiger partial charge in [-0.15, -0.1) is 0 Å². The van der Waals surface area contributed by atoms with Gasteiger partial charge in [-0.3, -0.25) is 4.79 Å². The Hall–Kier alpha value is -2.81. The second-order valence-corrected chi connectivity index (χ2v) is 7.27. The monoisotopic (exact) mass is 368 g/mol. The first-order valence-electron chi connectivity index (χ1n) is 9.26. The highest BCUT2D eigenvalue weighted by atomic mass is 16.5. The van der Waals surface area contributed by atoms with Gasteiger partial charge in [0.1, 0.15) is 16.9 Å². The van der Waals surface area contributed by atoms with Crippen molar-refractivity contribution in [3.8, 4) is 11.8 Å². The van der Waals surface area contributed by atoms with E-state index in [0.717, 1.165) is 30.2 Å². The SMILES string of the molecule is Cc1cc(=O)oc2cc(O[C@H](C)C(=O)N(C)C3(C#N)CCCCC3)ccc12. The van der Waals surface area contributed by atoms with E-state index in [-0.39, 0.29) is 5.91 Å². The van der Waals surface area contributed by atoms with Crippen LogP contribution >= 0.6 is 0 Å². The zero-order chi connectivity index (χ0) is 19.6. The Balaban J connectivity index is 1.79. The Bertz CT molecular complexity index is 951. The third-order valence-corrected chi connectivity index (χ3v) is 5.44. The van der Waals surface area contributed by atoms with Gasteiger partial charge in [-0.1, -0.05) is 19.3 Å². The molecular weight excluding hydrogens is 344 g/mol. The summed E-state index contributed by atoms with van der Waals surface area (Å²) in [5.74, 6) is 0.212. The highest BCUT2D eigenvalue weighted by molar-refractivity contribution is 5.83. The van der Waals surface area contributed by atoms with E-state index < -0.39 is 17.3 Å². The molecule has 1 amide bonds. The fourth-order valence-corrected chi connectivity index (χ4v) is 3.78. The minimum atomic E-state index is -0.754. The highest BCUT2D eigenvalue weighted by Gasteiger charge is 2.40. The number of hydrogen-bond donors (Lipinski definition) is 0. The van der Waals surface area contributed by atoms with Gasteiger partial charge in [0.05, 0.1) is 6.07 Å². The quantitative estimate of drug-likeness (QED) is 0.771. The molecule has 0 saturated heterocycles. The molecule has 1 saturated carbocycles. The summed E-state index contributed by atoms with van der Waals surface area (Å²) in [6.07, 6.45) is 3.63. The number of amides is 1. The van der Waals surface area contributed by atoms with Gasteiger partial charge in [0.15, 0.2) is 6.10 Å². The maximum absolute atomic E-state index is 12.9. The lowest BCUT2D eigenvalue weighted by Crippen LogP contribution is -2.53. The summed E-state index contributed by atoms with van der Waals surface area (Å²) in [4.78, 5) is 26.0. The Kier molecular flexibility index (Phi) is 5.22. The van der Waals surface area contributed by atoms with E-state index in [0.29, 0.717) is 24.2 Å². The molecule has 142 valence electrons. The van der Waals surface area contributed by atoms with Gasteiger partial charge in [0.2, 0.25) is 0 Å². The van der Waals surface area contributed by atoms with E-state index in [2.05, 4.69) is 6.07 Å². The number of fused-ring (bicyclic) bond motifs is 1. The Labute approximate surface area is 158 Å². The molecule has 2 aromatic rings. The third-order valence-electron chi connectivity index (χ3n) is 5.44. The number of ether oxygens (including phenoxy) is 1. The summed E-state index contributed by atoms with van der Waals surface area (Å²) >= 11 is 0. The number of benzene rings is 1. The predicted octanol–water partition coefficient (Wildman–Crippen LogP) is 3.55. The average molecular weight is 368 g/mol. The molecule has 0 unspecified atom stereocenters. The summed E-state index contributed by atoms with van der Waals surface area (Å²) in [7, 11) is 1.68. The van der Waals surface area contributed by atoms with Crippen LogP contribution in [0.2, 0.25) is 0 Å². The minimum absolute atomic E-state index is 0.232. The van der Waals surface area contributed by atoms with Crippen LogP contribution in [0, 0.1) is 18.3 Å². The van der Waals surface area contributed by atoms with Crippen LogP contribution < -0.4 is 10.4 Å². The Morgan fingerprint density at radius 1 is 1.30 bits per heavy atom. The first kappa shape index (κ1) is 19.0. The van der Waals surface area contributed by atoms with Crippen LogP contribution in [-0.2, 0) is 4.79 Å². The first-order chi connectivity index (χ1) is 12.9. The second-order valence-electron chi connectivity index (χ2n) is 7.27. The maximum atomic E-state index is 12.9. The highest BCUT2D eigenvalue weighted by Crippen LogP contribution is 2.33. The second kappa shape index (κ2) is 7.43. The van der Waals surface area contributed by atoms with E-state index in [1.807, 2.05) is 13.0 Å². The number of carbonyl (C=O) groups is 1. The predicted molar refractivity (Wildman–Crippen MR) is 102 cm³/mol. The molecule has 27 heavy (non-hydrogen) atoms. The van der Waals surface area contributed by atoms with Crippen LogP contribution in [-0.4, -0.2) is 29.5 Å². The first-order valence-corrected chi connectivity index (χ1v) is 9.26. The zero-order valence-electron chi connectivity index (χ0n) is 15.9. The summed E-state index contributed by atoms with van der Waals surface area (Å²) in [6.45, 7) is 3.51. The lowest BCUT2D eigenvalue weighted by molar-refractivity contribution is -0.141. The number of carbonyl (C=O) groups excluding carboxylic acids is 1. The van der Waals surface area contributed by atoms with Gasteiger partial charge >= 0.3 is 5.63 Å². The Morgan fingerprint density at radius 2 is 2.00 bits per heavy atom. The van der Waals surface area contributed by atoms with Gasteiger partial charge in [-0.2, -0.15) is 5.26 Å². The number of likely N-dealkylation sites (N-methyl/N-ethyl adjacent to an activating group) is 1. The number of aryl methyl sites for hydroxylation is 1. The van der Waals surface area contributed by atoms with Crippen LogP contribution in [0.25, 0.3) is 11.0 Å². The van der Waals surface area contributed by atoms with Gasteiger partial charge < -0.3 is 14.1 Å². The number of nitrogens with zero attached hydrogens (tertiary/aromatic N) is 2. The molecule has 1 atom stereocenters. The molecule has 0 N–H and O–H groups in total. The molecule has 1 aliphatic rings. The third kappa shape index (κ3) is 3.68. The molecule has 1 fully saturated rings. The van der Waals surface area contributed by atoms with Gasteiger partial charge in [0, 0.05) is 24.6 Å². The van der Waals surface area contributed by atoms with Crippen molar-refractivity contribution in [1.29, 1.82) is 5.26 Å². The minimum Gasteiger partial charge on any atom is -0.481 e. The smallest absolute Gasteiger partial charge is 0.336 e. The summed E-state index contributed by atoms with van der Waals surface area (Å²) < 4.78 is 11.0. The van der Waals surface area contributed by atoms with Crippen molar-refractivity contribution in [2.75, 3.05) is 7.05 Å². The molecule has 1 aliphatic carbocycles. The van der Waals surface area contributed by atoms with Crippen LogP contribution in [0.15, 0.2) is 33.5 Å². The van der Waals surface area contributed by atoms with Crippen molar-refractivity contribution in [3.63, 3.8) is 0 Å². The van der Waals surface area contributed by atoms with Crippen molar-refractivity contribution >= 4 is 16.9 Å². The van der Waals surface area contributed by atoms with Crippen LogP contribution in [0.1, 0.15) is 44.6 Å². The molecule has 1 aromatic carbocycles. The Morgan fingerprint density at radius 3 is 2.67 bits per heavy atom. The molecule has 6 nitrogen and oxygen atoms in total. The maximum Gasteiger partial charge on any atom is 0.336 e. The fraction of sp³-hybridized carbons (Fsp3) is 0.476. The molecule has 3 rings (SSSR count). The van der Waals surface area contributed by atoms with Crippen molar-refractivity contribution in [2.45, 2.75) is 57.6 Å². The zero-order valence-corrected chi connectivity index (χ0v) is 15.9. The van der Waals surface area contributed by atoms with Gasteiger partial charge in [-0.05, 0) is 44.4 Å². The van der Waals surface area contributed by atoms with Crippen molar-refractivity contribution in [2.24, 2.45) is 0 Å². The molecule has 0 spiro atoms. The summed E-state index contributed by atoms with van der Waals surface area (Å²) in [6, 6.07) is 8.97. The standard InChI is InChI=1S/C21H24N2O4/c1-14-11-19(24)27-18-12-16(7-8-17(14)18)26-15(2)20(25)23(3)21(13-22)9-5-4-6-10-21/h7-8,11-12,15H,4-6,9-10H2,1-3H3/t15-/m1/s1. The van der Waals surface area contributed by atoms with E-state index >= 15 is 0 Å². The van der Waals surface area contributed by atoms with Crippen LogP contribution in [0.3, 0.4) is 0 Å². The average Bonchev–Trinajstić information content (AvgIpc) is 2.66. The van der Waals surface area contributed by atoms with Gasteiger partial charge in [-0.25, -0.2) is 4.79 Å². The molecular formula is C21H24N2O4. The number of hydrogen-bond acceptors (Lipinski definition) is 5. The van der Waals surface area contributed by atoms with Gasteiger partial charge in [0.25, 0.3) is 5.91 Å². The van der Waals surface area contributed by atoms with E-state index in [1.54, 1.807) is 31.0 Å². The summed E-state index contributed by atoms with van der Waals surface area (Å²) in [5.41, 5.74) is 0.0747. The lowest BCUT2D eigenvalue weighted by atomic mass is 9.81.